The molecular formula is C12H18ClNO4. The summed E-state index contributed by atoms with van der Waals surface area (Å²) in [6.45, 7) is 3.49. The third-order valence-corrected chi connectivity index (χ3v) is 2.06. The topological polar surface area (TPSA) is 92.8 Å². The van der Waals surface area contributed by atoms with Gasteiger partial charge < -0.3 is 20.7 Å². The van der Waals surface area contributed by atoms with Gasteiger partial charge in [0.15, 0.2) is 6.61 Å². The molecule has 0 saturated carbocycles. The average molecular weight is 276 g/mol. The number of halogens is 1. The number of rotatable bonds is 4. The summed E-state index contributed by atoms with van der Waals surface area (Å²) in [6, 6.07) is 5.03. The first-order valence-electron chi connectivity index (χ1n) is 5.35. The maximum Gasteiger partial charge on any atom is 0.341 e. The first-order chi connectivity index (χ1) is 8.36. The first kappa shape index (κ1) is 16.7. The monoisotopic (exact) mass is 275 g/mol. The van der Waals surface area contributed by atoms with Gasteiger partial charge in [-0.05, 0) is 37.6 Å². The van der Waals surface area contributed by atoms with E-state index in [0.29, 0.717) is 17.3 Å². The molecule has 0 spiro atoms. The maximum absolute atomic E-state index is 10.2. The Kier molecular flexibility index (Phi) is 8.11. The summed E-state index contributed by atoms with van der Waals surface area (Å²) < 4.78 is 5.00. The van der Waals surface area contributed by atoms with Gasteiger partial charge in [0.25, 0.3) is 0 Å². The molecule has 1 unspecified atom stereocenters. The van der Waals surface area contributed by atoms with Crippen molar-refractivity contribution in [1.82, 2.24) is 0 Å². The highest BCUT2D eigenvalue weighted by Gasteiger charge is 2.02. The van der Waals surface area contributed by atoms with Gasteiger partial charge in [-0.25, -0.2) is 4.79 Å². The molecule has 6 heteroatoms. The van der Waals surface area contributed by atoms with E-state index in [1.54, 1.807) is 25.1 Å². The Morgan fingerprint density at radius 1 is 1.56 bits per heavy atom. The molecule has 0 saturated heterocycles. The molecule has 5 nitrogen and oxygen atoms in total. The van der Waals surface area contributed by atoms with Crippen molar-refractivity contribution in [3.63, 3.8) is 0 Å². The number of hydrogen-bond acceptors (Lipinski definition) is 4. The Bertz CT molecular complexity index is 382. The van der Waals surface area contributed by atoms with E-state index < -0.39 is 5.97 Å². The Balaban J connectivity index is 0.000000494. The van der Waals surface area contributed by atoms with Gasteiger partial charge in [0.1, 0.15) is 5.75 Å². The molecule has 1 aromatic carbocycles. The van der Waals surface area contributed by atoms with E-state index in [-0.39, 0.29) is 12.7 Å². The number of carboxylic acids is 1. The van der Waals surface area contributed by atoms with Crippen LogP contribution in [0.1, 0.15) is 12.5 Å². The highest BCUT2D eigenvalue weighted by atomic mass is 35.5. The number of aliphatic hydroxyl groups is 1. The van der Waals surface area contributed by atoms with E-state index in [9.17, 15) is 4.79 Å². The molecule has 1 atom stereocenters. The van der Waals surface area contributed by atoms with E-state index in [1.807, 2.05) is 6.92 Å². The van der Waals surface area contributed by atoms with E-state index in [4.69, 9.17) is 32.3 Å². The number of benzene rings is 1. The quantitative estimate of drug-likeness (QED) is 0.773. The van der Waals surface area contributed by atoms with Gasteiger partial charge in [-0.15, -0.1) is 0 Å². The summed E-state index contributed by atoms with van der Waals surface area (Å²) in [7, 11) is 0. The van der Waals surface area contributed by atoms with Gasteiger partial charge >= 0.3 is 5.97 Å². The van der Waals surface area contributed by atoms with E-state index in [2.05, 4.69) is 0 Å². The number of aliphatic carboxylic acids is 1. The summed E-state index contributed by atoms with van der Waals surface area (Å²) >= 11 is 5.71. The molecule has 1 aromatic rings. The Labute approximate surface area is 111 Å². The van der Waals surface area contributed by atoms with Crippen LogP contribution < -0.4 is 10.5 Å². The van der Waals surface area contributed by atoms with Crippen LogP contribution in [0.3, 0.4) is 0 Å². The lowest BCUT2D eigenvalue weighted by Crippen LogP contribution is -2.14. The average Bonchev–Trinajstić information content (AvgIpc) is 2.28. The third kappa shape index (κ3) is 7.89. The van der Waals surface area contributed by atoms with Crippen LogP contribution >= 0.6 is 11.6 Å². The lowest BCUT2D eigenvalue weighted by Gasteiger charge is -2.06. The number of hydrogen-bond donors (Lipinski definition) is 3. The second-order valence-electron chi connectivity index (χ2n) is 3.68. The zero-order valence-electron chi connectivity index (χ0n) is 10.4. The van der Waals surface area contributed by atoms with Crippen LogP contribution in [0.2, 0.25) is 5.02 Å². The molecule has 18 heavy (non-hydrogen) atoms. The number of ether oxygens (including phenoxy) is 1. The molecular weight excluding hydrogens is 258 g/mol. The fourth-order valence-electron chi connectivity index (χ4n) is 0.914. The Morgan fingerprint density at radius 2 is 2.11 bits per heavy atom. The van der Waals surface area contributed by atoms with Crippen molar-refractivity contribution in [3.8, 4) is 5.75 Å². The van der Waals surface area contributed by atoms with E-state index >= 15 is 0 Å². The van der Waals surface area contributed by atoms with E-state index in [1.165, 1.54) is 0 Å². The second kappa shape index (κ2) is 8.74. The van der Waals surface area contributed by atoms with Gasteiger partial charge in [-0.3, -0.25) is 0 Å². The minimum atomic E-state index is -0.991. The predicted molar refractivity (Wildman–Crippen MR) is 70.1 cm³/mol. The van der Waals surface area contributed by atoms with Crippen molar-refractivity contribution >= 4 is 17.6 Å². The van der Waals surface area contributed by atoms with Crippen molar-refractivity contribution in [2.75, 3.05) is 13.2 Å². The van der Waals surface area contributed by atoms with E-state index in [0.717, 1.165) is 5.56 Å². The molecule has 0 amide bonds. The number of nitrogens with two attached hydrogens (primary N) is 1. The number of carboxylic acid groups (broad SMARTS) is 1. The van der Waals surface area contributed by atoms with Gasteiger partial charge in [0.2, 0.25) is 0 Å². The summed E-state index contributed by atoms with van der Waals surface area (Å²) in [5.74, 6) is -0.443. The van der Waals surface area contributed by atoms with Crippen LogP contribution in [0.15, 0.2) is 18.2 Å². The SMILES string of the molecule is CC(O)CN.Cc1cc(Cl)ccc1OCC(=O)O. The summed E-state index contributed by atoms with van der Waals surface area (Å²) in [6.07, 6.45) is -0.338. The van der Waals surface area contributed by atoms with Gasteiger partial charge in [-0.1, -0.05) is 11.6 Å². The Hall–Kier alpha value is -1.30. The molecule has 0 heterocycles. The fourth-order valence-corrected chi connectivity index (χ4v) is 1.14. The molecule has 102 valence electrons. The van der Waals surface area contributed by atoms with Crippen LogP contribution in [-0.4, -0.2) is 35.4 Å². The third-order valence-electron chi connectivity index (χ3n) is 1.83. The maximum atomic E-state index is 10.2. The van der Waals surface area contributed by atoms with Crippen molar-refractivity contribution in [3.05, 3.63) is 28.8 Å². The molecule has 0 fully saturated rings. The molecule has 0 radical (unpaired) electrons. The highest BCUT2D eigenvalue weighted by Crippen LogP contribution is 2.21. The number of aliphatic hydroxyl groups excluding tert-OH is 1. The van der Waals surface area contributed by atoms with Crippen LogP contribution in [0.25, 0.3) is 0 Å². The van der Waals surface area contributed by atoms with Crippen molar-refractivity contribution in [2.45, 2.75) is 20.0 Å². The molecule has 0 bridgehead atoms. The van der Waals surface area contributed by atoms with Crippen molar-refractivity contribution < 1.29 is 19.7 Å². The summed E-state index contributed by atoms with van der Waals surface area (Å²) in [5.41, 5.74) is 5.75. The van der Waals surface area contributed by atoms with Crippen LogP contribution in [-0.2, 0) is 4.79 Å². The molecule has 0 aromatic heterocycles. The highest BCUT2D eigenvalue weighted by molar-refractivity contribution is 6.30. The van der Waals surface area contributed by atoms with Gasteiger partial charge in [-0.2, -0.15) is 0 Å². The molecule has 0 aliphatic heterocycles. The minimum absolute atomic E-state index is 0.331. The molecule has 4 N–H and O–H groups in total. The summed E-state index contributed by atoms with van der Waals surface area (Å²) in [5, 5.41) is 17.2. The van der Waals surface area contributed by atoms with Crippen LogP contribution in [0, 0.1) is 6.92 Å². The number of aryl methyl sites for hydroxylation is 1. The van der Waals surface area contributed by atoms with Gasteiger partial charge in [0.05, 0.1) is 6.10 Å². The minimum Gasteiger partial charge on any atom is -0.482 e. The van der Waals surface area contributed by atoms with Crippen LogP contribution in [0.5, 0.6) is 5.75 Å². The second-order valence-corrected chi connectivity index (χ2v) is 4.11. The molecule has 0 aliphatic carbocycles. The predicted octanol–water partition coefficient (Wildman–Crippen LogP) is 1.44. The Morgan fingerprint density at radius 3 is 2.50 bits per heavy atom. The standard InChI is InChI=1S/C9H9ClO3.C3H9NO/c1-6-4-7(10)2-3-8(6)13-5-9(11)12;1-3(5)2-4/h2-4H,5H2,1H3,(H,11,12);3,5H,2,4H2,1H3. The van der Waals surface area contributed by atoms with Crippen LogP contribution in [0.4, 0.5) is 0 Å². The van der Waals surface area contributed by atoms with Crippen molar-refractivity contribution in [1.29, 1.82) is 0 Å². The molecule has 0 aliphatic rings. The van der Waals surface area contributed by atoms with Gasteiger partial charge in [0, 0.05) is 11.6 Å². The zero-order valence-corrected chi connectivity index (χ0v) is 11.1. The smallest absolute Gasteiger partial charge is 0.341 e. The molecule has 1 rings (SSSR count). The first-order valence-corrected chi connectivity index (χ1v) is 5.73. The zero-order chi connectivity index (χ0) is 14.1. The lowest BCUT2D eigenvalue weighted by atomic mass is 10.2. The lowest BCUT2D eigenvalue weighted by molar-refractivity contribution is -0.139. The largest absolute Gasteiger partial charge is 0.482 e. The van der Waals surface area contributed by atoms with Crippen molar-refractivity contribution in [2.24, 2.45) is 5.73 Å². The summed E-state index contributed by atoms with van der Waals surface area (Å²) in [4.78, 5) is 10.2. The normalized spacial score (nSPS) is 11.2. The fraction of sp³-hybridized carbons (Fsp3) is 0.417. The number of carbonyl (C=O) groups is 1.